The van der Waals surface area contributed by atoms with E-state index in [2.05, 4.69) is 18.7 Å². The summed E-state index contributed by atoms with van der Waals surface area (Å²) >= 11 is 0. The van der Waals surface area contributed by atoms with Gasteiger partial charge in [-0.15, -0.1) is 0 Å². The minimum absolute atomic E-state index is 0.684. The van der Waals surface area contributed by atoms with Gasteiger partial charge in [0.05, 0.1) is 0 Å². The second-order valence-electron chi connectivity index (χ2n) is 4.48. The Bertz CT molecular complexity index is 374. The van der Waals surface area contributed by atoms with Gasteiger partial charge in [-0.05, 0) is 50.2 Å². The van der Waals surface area contributed by atoms with Crippen molar-refractivity contribution in [3.05, 3.63) is 28.8 Å². The zero-order valence-electron chi connectivity index (χ0n) is 11.8. The topological polar surface area (TPSA) is 29.5 Å². The van der Waals surface area contributed by atoms with E-state index in [1.54, 1.807) is 0 Å². The number of rotatable bonds is 7. The second kappa shape index (κ2) is 7.17. The molecule has 0 aliphatic rings. The first-order chi connectivity index (χ1) is 8.62. The first-order valence-electron chi connectivity index (χ1n) is 6.53. The van der Waals surface area contributed by atoms with Crippen LogP contribution in [0.4, 0.5) is 0 Å². The number of ether oxygens (including phenoxy) is 1. The maximum atomic E-state index is 10.8. The van der Waals surface area contributed by atoms with Gasteiger partial charge < -0.3 is 9.64 Å². The normalized spacial score (nSPS) is 10.7. The molecule has 0 fully saturated rings. The van der Waals surface area contributed by atoms with Crippen molar-refractivity contribution in [1.82, 2.24) is 4.90 Å². The van der Waals surface area contributed by atoms with Gasteiger partial charge in [0.1, 0.15) is 18.6 Å². The Morgan fingerprint density at radius 1 is 1.17 bits per heavy atom. The summed E-state index contributed by atoms with van der Waals surface area (Å²) in [5.74, 6) is 0.910. The van der Waals surface area contributed by atoms with Crippen LogP contribution in [0.25, 0.3) is 0 Å². The van der Waals surface area contributed by atoms with E-state index in [9.17, 15) is 4.79 Å². The van der Waals surface area contributed by atoms with Gasteiger partial charge in [0.2, 0.25) is 0 Å². The quantitative estimate of drug-likeness (QED) is 0.696. The molecular formula is C15H23NO2. The van der Waals surface area contributed by atoms with Gasteiger partial charge in [0.25, 0.3) is 0 Å². The van der Waals surface area contributed by atoms with Crippen molar-refractivity contribution in [2.24, 2.45) is 0 Å². The minimum Gasteiger partial charge on any atom is -0.492 e. The molecule has 0 atom stereocenters. The van der Waals surface area contributed by atoms with Crippen molar-refractivity contribution in [1.29, 1.82) is 0 Å². The molecule has 0 heterocycles. The fourth-order valence-corrected chi connectivity index (χ4v) is 2.10. The summed E-state index contributed by atoms with van der Waals surface area (Å²) in [6.45, 7) is 12.0. The molecule has 0 spiro atoms. The Hall–Kier alpha value is -1.35. The van der Waals surface area contributed by atoms with E-state index in [1.165, 1.54) is 0 Å². The average molecular weight is 249 g/mol. The molecule has 18 heavy (non-hydrogen) atoms. The zero-order valence-corrected chi connectivity index (χ0v) is 11.8. The zero-order chi connectivity index (χ0) is 13.5. The van der Waals surface area contributed by atoms with Crippen molar-refractivity contribution in [2.45, 2.75) is 27.7 Å². The molecular weight excluding hydrogens is 226 g/mol. The molecule has 3 heteroatoms. The molecule has 3 nitrogen and oxygen atoms in total. The number of carbonyl (C=O) groups is 1. The predicted octanol–water partition coefficient (Wildman–Crippen LogP) is 2.84. The van der Waals surface area contributed by atoms with Gasteiger partial charge in [-0.3, -0.25) is 4.79 Å². The highest BCUT2D eigenvalue weighted by molar-refractivity contribution is 5.76. The molecule has 100 valence electrons. The molecule has 0 radical (unpaired) electrons. The Morgan fingerprint density at radius 3 is 2.17 bits per heavy atom. The van der Waals surface area contributed by atoms with Crippen LogP contribution in [0.1, 0.15) is 35.3 Å². The molecule has 0 amide bonds. The van der Waals surface area contributed by atoms with Crippen molar-refractivity contribution in [3.63, 3.8) is 0 Å². The van der Waals surface area contributed by atoms with Crippen molar-refractivity contribution in [3.8, 4) is 5.75 Å². The third-order valence-corrected chi connectivity index (χ3v) is 3.17. The first kappa shape index (κ1) is 14.7. The standard InChI is InChI=1S/C15H23NO2/c1-5-16(6-2)7-8-18-15-12(3)9-14(11-17)10-13(15)4/h9-11H,5-8H2,1-4H3. The van der Waals surface area contributed by atoms with E-state index in [0.717, 1.165) is 42.8 Å². The van der Waals surface area contributed by atoms with Crippen LogP contribution in [0.15, 0.2) is 12.1 Å². The number of hydrogen-bond acceptors (Lipinski definition) is 3. The minimum atomic E-state index is 0.684. The Balaban J connectivity index is 2.65. The second-order valence-corrected chi connectivity index (χ2v) is 4.48. The summed E-state index contributed by atoms with van der Waals surface area (Å²) < 4.78 is 5.84. The van der Waals surface area contributed by atoms with Crippen molar-refractivity contribution < 1.29 is 9.53 Å². The number of nitrogens with zero attached hydrogens (tertiary/aromatic N) is 1. The maximum Gasteiger partial charge on any atom is 0.150 e. The van der Waals surface area contributed by atoms with E-state index in [0.29, 0.717) is 12.2 Å². The average Bonchev–Trinajstić information content (AvgIpc) is 2.37. The molecule has 0 saturated carbocycles. The fourth-order valence-electron chi connectivity index (χ4n) is 2.10. The Morgan fingerprint density at radius 2 is 1.72 bits per heavy atom. The van der Waals surface area contributed by atoms with E-state index < -0.39 is 0 Å². The van der Waals surface area contributed by atoms with Gasteiger partial charge in [-0.1, -0.05) is 13.8 Å². The van der Waals surface area contributed by atoms with Crippen LogP contribution >= 0.6 is 0 Å². The highest BCUT2D eigenvalue weighted by Gasteiger charge is 2.07. The van der Waals surface area contributed by atoms with Gasteiger partial charge in [0, 0.05) is 12.1 Å². The van der Waals surface area contributed by atoms with Crippen LogP contribution < -0.4 is 4.74 Å². The maximum absolute atomic E-state index is 10.8. The van der Waals surface area contributed by atoms with Crippen LogP contribution in [0.2, 0.25) is 0 Å². The number of carbonyl (C=O) groups excluding carboxylic acids is 1. The number of aldehydes is 1. The first-order valence-corrected chi connectivity index (χ1v) is 6.53. The van der Waals surface area contributed by atoms with Gasteiger partial charge in [-0.25, -0.2) is 0 Å². The molecule has 0 bridgehead atoms. The van der Waals surface area contributed by atoms with Gasteiger partial charge in [0.15, 0.2) is 0 Å². The third kappa shape index (κ3) is 3.84. The molecule has 0 aliphatic carbocycles. The summed E-state index contributed by atoms with van der Waals surface area (Å²) in [4.78, 5) is 13.1. The lowest BCUT2D eigenvalue weighted by atomic mass is 10.1. The smallest absolute Gasteiger partial charge is 0.150 e. The van der Waals surface area contributed by atoms with E-state index in [4.69, 9.17) is 4.74 Å². The summed E-state index contributed by atoms with van der Waals surface area (Å²) in [6, 6.07) is 3.74. The molecule has 1 aromatic carbocycles. The fraction of sp³-hybridized carbons (Fsp3) is 0.533. The van der Waals surface area contributed by atoms with Crippen LogP contribution in [0.5, 0.6) is 5.75 Å². The lowest BCUT2D eigenvalue weighted by molar-refractivity contribution is 0.112. The van der Waals surface area contributed by atoms with Crippen LogP contribution in [-0.4, -0.2) is 37.4 Å². The van der Waals surface area contributed by atoms with Gasteiger partial charge in [-0.2, -0.15) is 0 Å². The van der Waals surface area contributed by atoms with E-state index >= 15 is 0 Å². The van der Waals surface area contributed by atoms with Crippen molar-refractivity contribution >= 4 is 6.29 Å². The Labute approximate surface area is 110 Å². The number of hydrogen-bond donors (Lipinski definition) is 0. The predicted molar refractivity (Wildman–Crippen MR) is 74.6 cm³/mol. The number of aryl methyl sites for hydroxylation is 2. The summed E-state index contributed by atoms with van der Waals surface area (Å²) in [7, 11) is 0. The van der Waals surface area contributed by atoms with Crippen LogP contribution in [-0.2, 0) is 0 Å². The van der Waals surface area contributed by atoms with Crippen molar-refractivity contribution in [2.75, 3.05) is 26.2 Å². The molecule has 0 N–H and O–H groups in total. The van der Waals surface area contributed by atoms with E-state index in [1.807, 2.05) is 26.0 Å². The lowest BCUT2D eigenvalue weighted by Crippen LogP contribution is -2.28. The summed E-state index contributed by atoms with van der Waals surface area (Å²) in [6.07, 6.45) is 0.875. The lowest BCUT2D eigenvalue weighted by Gasteiger charge is -2.19. The number of likely N-dealkylation sites (N-methyl/N-ethyl adjacent to an activating group) is 1. The monoisotopic (exact) mass is 249 g/mol. The van der Waals surface area contributed by atoms with Crippen LogP contribution in [0.3, 0.4) is 0 Å². The highest BCUT2D eigenvalue weighted by Crippen LogP contribution is 2.24. The van der Waals surface area contributed by atoms with E-state index in [-0.39, 0.29) is 0 Å². The Kier molecular flexibility index (Phi) is 5.86. The molecule has 0 aromatic heterocycles. The van der Waals surface area contributed by atoms with Gasteiger partial charge >= 0.3 is 0 Å². The molecule has 0 aliphatic heterocycles. The SMILES string of the molecule is CCN(CC)CCOc1c(C)cc(C=O)cc1C. The summed E-state index contributed by atoms with van der Waals surface area (Å²) in [5.41, 5.74) is 2.76. The summed E-state index contributed by atoms with van der Waals surface area (Å²) in [5, 5.41) is 0. The van der Waals surface area contributed by atoms with Crippen LogP contribution in [0, 0.1) is 13.8 Å². The largest absolute Gasteiger partial charge is 0.492 e. The third-order valence-electron chi connectivity index (χ3n) is 3.17. The molecule has 0 unspecified atom stereocenters. The molecule has 1 rings (SSSR count). The molecule has 1 aromatic rings. The highest BCUT2D eigenvalue weighted by atomic mass is 16.5. The number of benzene rings is 1. The molecule has 0 saturated heterocycles.